The van der Waals surface area contributed by atoms with E-state index in [1.165, 1.54) is 6.07 Å². The first-order valence-electron chi connectivity index (χ1n) is 7.16. The molecule has 1 aromatic heterocycles. The monoisotopic (exact) mass is 334 g/mol. The van der Waals surface area contributed by atoms with E-state index in [2.05, 4.69) is 5.32 Å². The number of thiophene rings is 1. The quantitative estimate of drug-likeness (QED) is 0.627. The molecule has 0 fully saturated rings. The van der Waals surface area contributed by atoms with Crippen molar-refractivity contribution in [2.75, 3.05) is 0 Å². The van der Waals surface area contributed by atoms with E-state index < -0.39 is 23.0 Å². The van der Waals surface area contributed by atoms with E-state index >= 15 is 0 Å². The second-order valence-corrected chi connectivity index (χ2v) is 6.58. The number of benzene rings is 1. The van der Waals surface area contributed by atoms with Crippen LogP contribution in [0.25, 0.3) is 0 Å². The topological polar surface area (TPSA) is 92.5 Å². The third kappa shape index (κ3) is 4.37. The molecule has 2 N–H and O–H groups in total. The zero-order valence-electron chi connectivity index (χ0n) is 12.9. The van der Waals surface area contributed by atoms with Crippen LogP contribution in [-0.4, -0.2) is 28.1 Å². The van der Waals surface area contributed by atoms with Crippen LogP contribution in [0.3, 0.4) is 0 Å². The van der Waals surface area contributed by atoms with Gasteiger partial charge in [0.05, 0.1) is 26.8 Å². The van der Waals surface area contributed by atoms with Crippen molar-refractivity contribution in [3.05, 3.63) is 61.8 Å². The van der Waals surface area contributed by atoms with Gasteiger partial charge in [-0.3, -0.25) is 14.9 Å². The SMILES string of the molecule is Cc1sc(C(=O)NC(C)C(O)Cc2ccccc2)cc1[N+](=O)[O-]. The molecule has 1 heterocycles. The largest absolute Gasteiger partial charge is 0.391 e. The van der Waals surface area contributed by atoms with Crippen molar-refractivity contribution in [2.45, 2.75) is 32.4 Å². The van der Waals surface area contributed by atoms with E-state index in [-0.39, 0.29) is 10.6 Å². The first-order chi connectivity index (χ1) is 10.9. The van der Waals surface area contributed by atoms with Crippen LogP contribution in [0.15, 0.2) is 36.4 Å². The van der Waals surface area contributed by atoms with Crippen LogP contribution in [0.2, 0.25) is 0 Å². The van der Waals surface area contributed by atoms with Crippen molar-refractivity contribution < 1.29 is 14.8 Å². The fraction of sp³-hybridized carbons (Fsp3) is 0.312. The molecule has 122 valence electrons. The second kappa shape index (κ2) is 7.34. The standard InChI is InChI=1S/C16H18N2O4S/c1-10(14(19)8-12-6-4-3-5-7-12)17-16(20)15-9-13(18(21)22)11(2)23-15/h3-7,9-10,14,19H,8H2,1-2H3,(H,17,20). The molecule has 0 radical (unpaired) electrons. The van der Waals surface area contributed by atoms with Gasteiger partial charge in [0.2, 0.25) is 0 Å². The Morgan fingerprint density at radius 2 is 2.04 bits per heavy atom. The van der Waals surface area contributed by atoms with Crippen LogP contribution < -0.4 is 5.32 Å². The lowest BCUT2D eigenvalue weighted by Crippen LogP contribution is -2.41. The van der Waals surface area contributed by atoms with E-state index in [1.807, 2.05) is 30.3 Å². The van der Waals surface area contributed by atoms with Gasteiger partial charge < -0.3 is 10.4 Å². The van der Waals surface area contributed by atoms with Crippen LogP contribution in [0.4, 0.5) is 5.69 Å². The summed E-state index contributed by atoms with van der Waals surface area (Å²) < 4.78 is 0. The number of nitrogens with zero attached hydrogens (tertiary/aromatic N) is 1. The zero-order chi connectivity index (χ0) is 17.0. The summed E-state index contributed by atoms with van der Waals surface area (Å²) >= 11 is 1.07. The summed E-state index contributed by atoms with van der Waals surface area (Å²) in [5.74, 6) is -0.411. The molecule has 0 aliphatic heterocycles. The summed E-state index contributed by atoms with van der Waals surface area (Å²) in [6.45, 7) is 3.31. The lowest BCUT2D eigenvalue weighted by atomic mass is 10.0. The summed E-state index contributed by atoms with van der Waals surface area (Å²) in [4.78, 5) is 23.2. The first kappa shape index (κ1) is 17.1. The molecule has 1 amide bonds. The Balaban J connectivity index is 1.99. The third-order valence-electron chi connectivity index (χ3n) is 3.54. The number of hydrogen-bond donors (Lipinski definition) is 2. The molecule has 0 spiro atoms. The molecule has 0 bridgehead atoms. The highest BCUT2D eigenvalue weighted by Gasteiger charge is 2.22. The van der Waals surface area contributed by atoms with Gasteiger partial charge in [0, 0.05) is 12.5 Å². The molecule has 23 heavy (non-hydrogen) atoms. The number of rotatable bonds is 6. The highest BCUT2D eigenvalue weighted by molar-refractivity contribution is 7.14. The smallest absolute Gasteiger partial charge is 0.283 e. The number of hydrogen-bond acceptors (Lipinski definition) is 5. The molecule has 2 atom stereocenters. The summed E-state index contributed by atoms with van der Waals surface area (Å²) in [7, 11) is 0. The van der Waals surface area contributed by atoms with Crippen molar-refractivity contribution in [3.8, 4) is 0 Å². The molecule has 6 nitrogen and oxygen atoms in total. The van der Waals surface area contributed by atoms with Crippen LogP contribution in [0, 0.1) is 17.0 Å². The van der Waals surface area contributed by atoms with Crippen molar-refractivity contribution in [2.24, 2.45) is 0 Å². The Hall–Kier alpha value is -2.25. The number of aliphatic hydroxyl groups excluding tert-OH is 1. The molecular weight excluding hydrogens is 316 g/mol. The fourth-order valence-corrected chi connectivity index (χ4v) is 3.06. The molecule has 2 rings (SSSR count). The zero-order valence-corrected chi connectivity index (χ0v) is 13.7. The van der Waals surface area contributed by atoms with E-state index in [4.69, 9.17) is 0 Å². The van der Waals surface area contributed by atoms with Gasteiger partial charge in [-0.2, -0.15) is 0 Å². The van der Waals surface area contributed by atoms with Gasteiger partial charge in [0.1, 0.15) is 0 Å². The van der Waals surface area contributed by atoms with Gasteiger partial charge >= 0.3 is 0 Å². The van der Waals surface area contributed by atoms with Crippen LogP contribution in [0.1, 0.15) is 27.0 Å². The molecule has 0 saturated carbocycles. The average molecular weight is 334 g/mol. The van der Waals surface area contributed by atoms with Gasteiger partial charge in [-0.05, 0) is 19.4 Å². The maximum absolute atomic E-state index is 12.2. The van der Waals surface area contributed by atoms with E-state index in [1.54, 1.807) is 13.8 Å². The predicted octanol–water partition coefficient (Wildman–Crippen LogP) is 2.69. The fourth-order valence-electron chi connectivity index (χ4n) is 2.17. The van der Waals surface area contributed by atoms with Crippen molar-refractivity contribution in [1.29, 1.82) is 0 Å². The Morgan fingerprint density at radius 3 is 2.61 bits per heavy atom. The minimum absolute atomic E-state index is 0.0577. The maximum atomic E-state index is 12.2. The number of amides is 1. The second-order valence-electron chi connectivity index (χ2n) is 5.33. The van der Waals surface area contributed by atoms with Crippen LogP contribution in [0.5, 0.6) is 0 Å². The molecule has 7 heteroatoms. The molecule has 0 aliphatic rings. The summed E-state index contributed by atoms with van der Waals surface area (Å²) in [6.07, 6.45) is -0.316. The maximum Gasteiger partial charge on any atom is 0.283 e. The average Bonchev–Trinajstić information content (AvgIpc) is 2.90. The minimum Gasteiger partial charge on any atom is -0.391 e. The molecule has 0 saturated heterocycles. The van der Waals surface area contributed by atoms with Crippen LogP contribution >= 0.6 is 11.3 Å². The lowest BCUT2D eigenvalue weighted by molar-refractivity contribution is -0.385. The molecule has 2 aromatic rings. The van der Waals surface area contributed by atoms with Gasteiger partial charge in [-0.25, -0.2) is 0 Å². The molecule has 1 aromatic carbocycles. The van der Waals surface area contributed by atoms with Gasteiger partial charge in [0.25, 0.3) is 11.6 Å². The van der Waals surface area contributed by atoms with E-state index in [9.17, 15) is 20.0 Å². The van der Waals surface area contributed by atoms with E-state index in [0.29, 0.717) is 11.3 Å². The summed E-state index contributed by atoms with van der Waals surface area (Å²) in [5.41, 5.74) is 0.918. The Morgan fingerprint density at radius 1 is 1.39 bits per heavy atom. The van der Waals surface area contributed by atoms with Crippen molar-refractivity contribution >= 4 is 22.9 Å². The number of nitro groups is 1. The molecule has 2 unspecified atom stereocenters. The normalized spacial score (nSPS) is 13.3. The Labute approximate surface area is 137 Å². The summed E-state index contributed by atoms with van der Waals surface area (Å²) in [5, 5.41) is 23.7. The number of carbonyl (C=O) groups is 1. The van der Waals surface area contributed by atoms with Gasteiger partial charge in [0.15, 0.2) is 0 Å². The highest BCUT2D eigenvalue weighted by atomic mass is 32.1. The van der Waals surface area contributed by atoms with Gasteiger partial charge in [-0.1, -0.05) is 30.3 Å². The highest BCUT2D eigenvalue weighted by Crippen LogP contribution is 2.28. The number of carbonyl (C=O) groups excluding carboxylic acids is 1. The van der Waals surface area contributed by atoms with Crippen molar-refractivity contribution in [1.82, 2.24) is 5.32 Å². The minimum atomic E-state index is -0.739. The summed E-state index contributed by atoms with van der Waals surface area (Å²) in [6, 6.07) is 10.3. The van der Waals surface area contributed by atoms with E-state index in [0.717, 1.165) is 16.9 Å². The first-order valence-corrected chi connectivity index (χ1v) is 7.98. The number of aryl methyl sites for hydroxylation is 1. The van der Waals surface area contributed by atoms with Crippen molar-refractivity contribution in [3.63, 3.8) is 0 Å². The Kier molecular flexibility index (Phi) is 5.46. The number of nitrogens with one attached hydrogen (secondary N) is 1. The molecular formula is C16H18N2O4S. The number of aliphatic hydroxyl groups is 1. The third-order valence-corrected chi connectivity index (χ3v) is 4.57. The Bertz CT molecular complexity index is 699. The van der Waals surface area contributed by atoms with Gasteiger partial charge in [-0.15, -0.1) is 11.3 Å². The lowest BCUT2D eigenvalue weighted by Gasteiger charge is -2.20. The predicted molar refractivity (Wildman–Crippen MR) is 88.8 cm³/mol. The molecule has 0 aliphatic carbocycles. The van der Waals surface area contributed by atoms with Crippen LogP contribution in [-0.2, 0) is 6.42 Å².